The number of carbonyl (C=O) groups is 1. The lowest BCUT2D eigenvalue weighted by Crippen LogP contribution is -2.47. The van der Waals surface area contributed by atoms with Crippen LogP contribution in [-0.4, -0.2) is 25.0 Å². The third-order valence-corrected chi connectivity index (χ3v) is 4.66. The number of hydrogen-bond acceptors (Lipinski definition) is 2. The van der Waals surface area contributed by atoms with Crippen LogP contribution in [0.5, 0.6) is 0 Å². The van der Waals surface area contributed by atoms with Crippen LogP contribution in [0.3, 0.4) is 0 Å². The van der Waals surface area contributed by atoms with Crippen molar-refractivity contribution in [2.45, 2.75) is 51.0 Å². The number of nitrogens with one attached hydrogen (secondary N) is 2. The predicted molar refractivity (Wildman–Crippen MR) is 95.0 cm³/mol. The Balaban J connectivity index is 0.00000242. The number of benzene rings is 1. The summed E-state index contributed by atoms with van der Waals surface area (Å²) in [7, 11) is 0. The molecular weight excluding hydrogens is 319 g/mol. The Hall–Kier alpha value is -0.770. The first-order valence-electron chi connectivity index (χ1n) is 7.86. The summed E-state index contributed by atoms with van der Waals surface area (Å²) in [5.41, 5.74) is 0.731. The second-order valence-electron chi connectivity index (χ2n) is 5.96. The van der Waals surface area contributed by atoms with Crippen LogP contribution in [0.2, 0.25) is 5.02 Å². The number of amides is 1. The van der Waals surface area contributed by atoms with Crippen molar-refractivity contribution in [3.63, 3.8) is 0 Å². The third-order valence-electron chi connectivity index (χ3n) is 4.41. The average molecular weight is 345 g/mol. The molecule has 0 aliphatic heterocycles. The fourth-order valence-corrected chi connectivity index (χ4v) is 3.36. The Bertz CT molecular complexity index is 470. The summed E-state index contributed by atoms with van der Waals surface area (Å²) in [6, 6.07) is 8.06. The van der Waals surface area contributed by atoms with E-state index in [1.807, 2.05) is 24.3 Å². The van der Waals surface area contributed by atoms with E-state index >= 15 is 0 Å². The highest BCUT2D eigenvalue weighted by atomic mass is 35.5. The smallest absolute Gasteiger partial charge is 0.230 e. The predicted octanol–water partition coefficient (Wildman–Crippen LogP) is 3.69. The minimum Gasteiger partial charge on any atom is -0.354 e. The lowest BCUT2D eigenvalue weighted by atomic mass is 9.78. The van der Waals surface area contributed by atoms with Crippen molar-refractivity contribution in [1.82, 2.24) is 10.6 Å². The normalized spacial score (nSPS) is 17.6. The van der Waals surface area contributed by atoms with E-state index in [4.69, 9.17) is 11.6 Å². The quantitative estimate of drug-likeness (QED) is 0.826. The van der Waals surface area contributed by atoms with Gasteiger partial charge in [-0.3, -0.25) is 4.79 Å². The third kappa shape index (κ3) is 4.37. The average Bonchev–Trinajstić information content (AvgIpc) is 2.96. The van der Waals surface area contributed by atoms with E-state index in [9.17, 15) is 4.79 Å². The summed E-state index contributed by atoms with van der Waals surface area (Å²) in [6.07, 6.45) is 4.07. The maximum Gasteiger partial charge on any atom is 0.230 e. The molecule has 1 aromatic rings. The molecule has 0 aromatic heterocycles. The van der Waals surface area contributed by atoms with Gasteiger partial charge in [0, 0.05) is 17.6 Å². The number of halogens is 2. The summed E-state index contributed by atoms with van der Waals surface area (Å²) in [5.74, 6) is 0.159. The molecule has 0 saturated heterocycles. The van der Waals surface area contributed by atoms with Gasteiger partial charge < -0.3 is 10.6 Å². The molecular formula is C17H26Cl2N2O. The van der Waals surface area contributed by atoms with Crippen molar-refractivity contribution in [3.8, 4) is 0 Å². The molecule has 3 nitrogen and oxygen atoms in total. The Morgan fingerprint density at radius 1 is 1.27 bits per heavy atom. The van der Waals surface area contributed by atoms with Crippen molar-refractivity contribution in [3.05, 3.63) is 34.9 Å². The van der Waals surface area contributed by atoms with Crippen molar-refractivity contribution >= 4 is 29.9 Å². The number of hydrogen-bond donors (Lipinski definition) is 2. The molecule has 5 heteroatoms. The first-order chi connectivity index (χ1) is 10.1. The maximum absolute atomic E-state index is 12.8. The zero-order chi connectivity index (χ0) is 15.3. The topological polar surface area (TPSA) is 41.1 Å². The monoisotopic (exact) mass is 344 g/mol. The Morgan fingerprint density at radius 2 is 1.86 bits per heavy atom. The van der Waals surface area contributed by atoms with Crippen LogP contribution < -0.4 is 10.6 Å². The fourth-order valence-electron chi connectivity index (χ4n) is 3.23. The van der Waals surface area contributed by atoms with Crippen molar-refractivity contribution in [2.24, 2.45) is 0 Å². The second-order valence-corrected chi connectivity index (χ2v) is 6.40. The van der Waals surface area contributed by atoms with Gasteiger partial charge in [0.15, 0.2) is 0 Å². The molecule has 124 valence electrons. The van der Waals surface area contributed by atoms with Crippen LogP contribution >= 0.6 is 24.0 Å². The van der Waals surface area contributed by atoms with Gasteiger partial charge in [-0.25, -0.2) is 0 Å². The van der Waals surface area contributed by atoms with E-state index in [0.717, 1.165) is 37.8 Å². The van der Waals surface area contributed by atoms with Gasteiger partial charge in [-0.1, -0.05) is 43.5 Å². The zero-order valence-electron chi connectivity index (χ0n) is 13.3. The number of likely N-dealkylation sites (N-methyl/N-ethyl adjacent to an activating group) is 1. The maximum atomic E-state index is 12.8. The molecule has 0 unspecified atom stereocenters. The molecule has 1 saturated carbocycles. The number of rotatable bonds is 6. The Morgan fingerprint density at radius 3 is 2.41 bits per heavy atom. The largest absolute Gasteiger partial charge is 0.354 e. The van der Waals surface area contributed by atoms with Crippen LogP contribution in [0.25, 0.3) is 0 Å². The first-order valence-corrected chi connectivity index (χ1v) is 8.24. The molecule has 1 aromatic carbocycles. The first kappa shape index (κ1) is 19.3. The van der Waals surface area contributed by atoms with Crippen molar-refractivity contribution in [1.29, 1.82) is 0 Å². The van der Waals surface area contributed by atoms with Gasteiger partial charge in [0.25, 0.3) is 0 Å². The van der Waals surface area contributed by atoms with Crippen molar-refractivity contribution < 1.29 is 4.79 Å². The molecule has 0 bridgehead atoms. The molecule has 2 rings (SSSR count). The van der Waals surface area contributed by atoms with E-state index in [0.29, 0.717) is 17.6 Å². The SMILES string of the molecule is CCN[C@H](C)CNC(=O)C1(c2ccc(Cl)cc2)CCCC1.Cl. The molecule has 1 aliphatic carbocycles. The Kier molecular flexibility index (Phi) is 7.67. The van der Waals surface area contributed by atoms with Gasteiger partial charge in [0.2, 0.25) is 5.91 Å². The summed E-state index contributed by atoms with van der Waals surface area (Å²) in [4.78, 5) is 12.8. The summed E-state index contributed by atoms with van der Waals surface area (Å²) >= 11 is 5.97. The molecule has 1 aliphatic rings. The molecule has 1 amide bonds. The standard InChI is InChI=1S/C17H25ClN2O.ClH/c1-3-19-13(2)12-20-16(21)17(10-4-5-11-17)14-6-8-15(18)9-7-14;/h6-9,13,19H,3-5,10-12H2,1-2H3,(H,20,21);1H/t13-;/m1./s1. The van der Waals surface area contributed by atoms with Gasteiger partial charge in [0.1, 0.15) is 0 Å². The lowest BCUT2D eigenvalue weighted by molar-refractivity contribution is -0.126. The highest BCUT2D eigenvalue weighted by Gasteiger charge is 2.42. The molecule has 0 heterocycles. The molecule has 0 spiro atoms. The zero-order valence-corrected chi connectivity index (χ0v) is 14.9. The van der Waals surface area contributed by atoms with Gasteiger partial charge >= 0.3 is 0 Å². The van der Waals surface area contributed by atoms with E-state index in [1.54, 1.807) is 0 Å². The van der Waals surface area contributed by atoms with E-state index < -0.39 is 0 Å². The van der Waals surface area contributed by atoms with Crippen molar-refractivity contribution in [2.75, 3.05) is 13.1 Å². The minimum atomic E-state index is -0.365. The van der Waals surface area contributed by atoms with Gasteiger partial charge in [-0.15, -0.1) is 12.4 Å². The fraction of sp³-hybridized carbons (Fsp3) is 0.588. The molecule has 1 atom stereocenters. The highest BCUT2D eigenvalue weighted by molar-refractivity contribution is 6.30. The van der Waals surface area contributed by atoms with Gasteiger partial charge in [-0.05, 0) is 44.0 Å². The summed E-state index contributed by atoms with van der Waals surface area (Å²) < 4.78 is 0. The van der Waals surface area contributed by atoms with Crippen LogP contribution in [0.15, 0.2) is 24.3 Å². The van der Waals surface area contributed by atoms with E-state index in [1.165, 1.54) is 0 Å². The summed E-state index contributed by atoms with van der Waals surface area (Å²) in [5, 5.41) is 7.16. The van der Waals surface area contributed by atoms with Crippen LogP contribution in [0.4, 0.5) is 0 Å². The van der Waals surface area contributed by atoms with E-state index in [-0.39, 0.29) is 23.7 Å². The number of carbonyl (C=O) groups excluding carboxylic acids is 1. The summed E-state index contributed by atoms with van der Waals surface area (Å²) in [6.45, 7) is 5.75. The minimum absolute atomic E-state index is 0. The van der Waals surface area contributed by atoms with Gasteiger partial charge in [-0.2, -0.15) is 0 Å². The van der Waals surface area contributed by atoms with Crippen LogP contribution in [-0.2, 0) is 10.2 Å². The molecule has 0 radical (unpaired) electrons. The molecule has 22 heavy (non-hydrogen) atoms. The van der Waals surface area contributed by atoms with Crippen LogP contribution in [0, 0.1) is 0 Å². The molecule has 1 fully saturated rings. The highest BCUT2D eigenvalue weighted by Crippen LogP contribution is 2.41. The molecule has 2 N–H and O–H groups in total. The second kappa shape index (κ2) is 8.76. The van der Waals surface area contributed by atoms with Crippen LogP contribution in [0.1, 0.15) is 45.1 Å². The Labute approximate surface area is 144 Å². The van der Waals surface area contributed by atoms with Gasteiger partial charge in [0.05, 0.1) is 5.41 Å². The van der Waals surface area contributed by atoms with E-state index in [2.05, 4.69) is 24.5 Å². The lowest BCUT2D eigenvalue weighted by Gasteiger charge is -2.29.